The fourth-order valence-electron chi connectivity index (χ4n) is 3.79. The smallest absolute Gasteiger partial charge is 0.244 e. The maximum atomic E-state index is 14.9. The first kappa shape index (κ1) is 27.5. The Balaban J connectivity index is 1.56. The molecule has 4 rings (SSSR count). The Morgan fingerprint density at radius 2 is 1.97 bits per heavy atom. The molecule has 0 saturated carbocycles. The highest BCUT2D eigenvalue weighted by molar-refractivity contribution is 6.31. The second kappa shape index (κ2) is 11.9. The lowest BCUT2D eigenvalue weighted by atomic mass is 10.0. The summed E-state index contributed by atoms with van der Waals surface area (Å²) in [5, 5.41) is 17.8. The predicted molar refractivity (Wildman–Crippen MR) is 140 cm³/mol. The van der Waals surface area contributed by atoms with Gasteiger partial charge < -0.3 is 5.32 Å². The molecule has 11 nitrogen and oxygen atoms in total. The molecule has 0 fully saturated rings. The van der Waals surface area contributed by atoms with Crippen molar-refractivity contribution in [1.29, 1.82) is 0 Å². The van der Waals surface area contributed by atoms with Gasteiger partial charge in [0.25, 0.3) is 0 Å². The number of nitrogens with zero attached hydrogens (tertiary/aromatic N) is 7. The van der Waals surface area contributed by atoms with E-state index in [0.29, 0.717) is 17.0 Å². The van der Waals surface area contributed by atoms with Gasteiger partial charge in [-0.05, 0) is 60.7 Å². The Hall–Kier alpha value is -4.58. The van der Waals surface area contributed by atoms with E-state index in [1.165, 1.54) is 42.3 Å². The van der Waals surface area contributed by atoms with Crippen molar-refractivity contribution in [2.75, 3.05) is 0 Å². The zero-order chi connectivity index (χ0) is 28.1. The van der Waals surface area contributed by atoms with E-state index in [1.54, 1.807) is 23.9 Å². The zero-order valence-electron chi connectivity index (χ0n) is 21.3. The number of nitrogens with one attached hydrogen (secondary N) is 1. The molecule has 0 aliphatic carbocycles. The molecule has 13 heteroatoms. The second-order valence-electron chi connectivity index (χ2n) is 8.79. The van der Waals surface area contributed by atoms with Crippen LogP contribution >= 0.6 is 11.6 Å². The number of pyridine rings is 1. The van der Waals surface area contributed by atoms with Crippen LogP contribution in [0.5, 0.6) is 0 Å². The monoisotopic (exact) mass is 550 g/mol. The van der Waals surface area contributed by atoms with Crippen LogP contribution in [-0.2, 0) is 29.5 Å². The summed E-state index contributed by atoms with van der Waals surface area (Å²) in [7, 11) is 1.78. The summed E-state index contributed by atoms with van der Waals surface area (Å²) in [6.07, 6.45) is 5.08. The highest BCUT2D eigenvalue weighted by Crippen LogP contribution is 2.25. The van der Waals surface area contributed by atoms with E-state index in [-0.39, 0.29) is 40.7 Å². The molecule has 0 radical (unpaired) electrons. The first-order chi connectivity index (χ1) is 18.6. The number of rotatable bonds is 10. The molecule has 0 spiro atoms. The highest BCUT2D eigenvalue weighted by atomic mass is 35.5. The maximum Gasteiger partial charge on any atom is 0.244 e. The predicted octanol–water partition coefficient (Wildman–Crippen LogP) is 2.65. The van der Waals surface area contributed by atoms with Gasteiger partial charge in [0, 0.05) is 48.3 Å². The third-order valence-electron chi connectivity index (χ3n) is 5.98. The van der Waals surface area contributed by atoms with Gasteiger partial charge >= 0.3 is 0 Å². The Morgan fingerprint density at radius 1 is 1.18 bits per heavy atom. The minimum absolute atomic E-state index is 0.0112. The van der Waals surface area contributed by atoms with Crippen molar-refractivity contribution >= 4 is 35.2 Å². The van der Waals surface area contributed by atoms with E-state index < -0.39 is 17.8 Å². The van der Waals surface area contributed by atoms with Crippen LogP contribution in [0.3, 0.4) is 0 Å². The minimum atomic E-state index is -0.950. The number of hydrogen-bond donors (Lipinski definition) is 1. The first-order valence-corrected chi connectivity index (χ1v) is 12.2. The summed E-state index contributed by atoms with van der Waals surface area (Å²) in [4.78, 5) is 41.9. The number of hydrogen-bond acceptors (Lipinski definition) is 8. The van der Waals surface area contributed by atoms with E-state index in [1.807, 2.05) is 13.0 Å². The zero-order valence-corrected chi connectivity index (χ0v) is 22.1. The summed E-state index contributed by atoms with van der Waals surface area (Å²) in [6, 6.07) is 6.93. The summed E-state index contributed by atoms with van der Waals surface area (Å²) < 4.78 is 17.8. The molecule has 1 N–H and O–H groups in total. The lowest BCUT2D eigenvalue weighted by Gasteiger charge is -2.16. The number of ketones is 2. The van der Waals surface area contributed by atoms with Crippen molar-refractivity contribution in [3.63, 3.8) is 0 Å². The van der Waals surface area contributed by atoms with Gasteiger partial charge in [-0.3, -0.25) is 24.0 Å². The number of aryl methyl sites for hydroxylation is 2. The minimum Gasteiger partial charge on any atom is -0.342 e. The Bertz CT molecular complexity index is 1530. The van der Waals surface area contributed by atoms with Crippen LogP contribution in [-0.4, -0.2) is 58.5 Å². The highest BCUT2D eigenvalue weighted by Gasteiger charge is 2.23. The van der Waals surface area contributed by atoms with Crippen LogP contribution in [0.25, 0.3) is 11.8 Å². The lowest BCUT2D eigenvalue weighted by Crippen LogP contribution is -2.42. The number of aromatic nitrogens is 7. The van der Waals surface area contributed by atoms with Crippen LogP contribution in [0.4, 0.5) is 4.39 Å². The molecule has 0 unspecified atom stereocenters. The first-order valence-electron chi connectivity index (χ1n) is 11.8. The quantitative estimate of drug-likeness (QED) is 0.235. The van der Waals surface area contributed by atoms with E-state index in [9.17, 15) is 18.8 Å². The van der Waals surface area contributed by atoms with Crippen LogP contribution in [0.1, 0.15) is 39.9 Å². The molecule has 1 atom stereocenters. The average molecular weight is 551 g/mol. The fourth-order valence-corrected chi connectivity index (χ4v) is 3.96. The molecule has 4 aromatic rings. The summed E-state index contributed by atoms with van der Waals surface area (Å²) in [6.45, 7) is 3.30. The number of Topliss-reactive ketones (excluding diaryl/α,β-unsaturated/α-hetero) is 2. The second-order valence-corrected chi connectivity index (χ2v) is 9.19. The molecule has 1 aromatic carbocycles. The maximum absolute atomic E-state index is 14.9. The van der Waals surface area contributed by atoms with Crippen molar-refractivity contribution < 1.29 is 18.8 Å². The molecule has 0 aliphatic rings. The largest absolute Gasteiger partial charge is 0.342 e. The van der Waals surface area contributed by atoms with E-state index >= 15 is 0 Å². The van der Waals surface area contributed by atoms with Gasteiger partial charge in [-0.2, -0.15) is 9.78 Å². The van der Waals surface area contributed by atoms with Crippen LogP contribution in [0.2, 0.25) is 5.02 Å². The van der Waals surface area contributed by atoms with Gasteiger partial charge in [-0.1, -0.05) is 11.6 Å². The summed E-state index contributed by atoms with van der Waals surface area (Å²) in [5.41, 5.74) is 2.63. The van der Waals surface area contributed by atoms with Crippen LogP contribution in [0, 0.1) is 12.7 Å². The number of benzene rings is 1. The third kappa shape index (κ3) is 6.65. The van der Waals surface area contributed by atoms with Crippen LogP contribution < -0.4 is 5.32 Å². The van der Waals surface area contributed by atoms with Crippen molar-refractivity contribution in [2.45, 2.75) is 32.7 Å². The topological polar surface area (TPSA) is 138 Å². The molecule has 0 saturated heterocycles. The Kier molecular flexibility index (Phi) is 8.35. The molecule has 200 valence electrons. The average Bonchev–Trinajstić information content (AvgIpc) is 3.54. The van der Waals surface area contributed by atoms with Gasteiger partial charge in [0.2, 0.25) is 5.91 Å². The fraction of sp³-hybridized carbons (Fsp3) is 0.231. The molecular formula is C26H24ClFN8O3. The van der Waals surface area contributed by atoms with Crippen molar-refractivity contribution in [2.24, 2.45) is 7.05 Å². The molecule has 0 bridgehead atoms. The molecule has 0 aliphatic heterocycles. The number of halogens is 2. The Morgan fingerprint density at radius 3 is 2.59 bits per heavy atom. The summed E-state index contributed by atoms with van der Waals surface area (Å²) >= 11 is 5.95. The van der Waals surface area contributed by atoms with Crippen molar-refractivity contribution in [1.82, 2.24) is 40.3 Å². The van der Waals surface area contributed by atoms with E-state index in [0.717, 1.165) is 11.8 Å². The normalized spacial score (nSPS) is 12.0. The molecular weight excluding hydrogens is 527 g/mol. The molecule has 3 heterocycles. The van der Waals surface area contributed by atoms with Gasteiger partial charge in [0.15, 0.2) is 17.4 Å². The molecule has 1 amide bonds. The lowest BCUT2D eigenvalue weighted by molar-refractivity contribution is -0.125. The van der Waals surface area contributed by atoms with Crippen LogP contribution in [0.15, 0.2) is 48.9 Å². The van der Waals surface area contributed by atoms with Gasteiger partial charge in [0.1, 0.15) is 6.33 Å². The van der Waals surface area contributed by atoms with Crippen molar-refractivity contribution in [3.8, 4) is 5.69 Å². The number of carbonyl (C=O) groups excluding carboxylic acids is 3. The van der Waals surface area contributed by atoms with Gasteiger partial charge in [-0.15, -0.1) is 5.10 Å². The summed E-state index contributed by atoms with van der Waals surface area (Å²) in [5.74, 6) is -1.85. The van der Waals surface area contributed by atoms with E-state index in [2.05, 4.69) is 30.9 Å². The standard InChI is InChI=1S/C26H24ClFN8O3/c1-15-10-19(32-35(15)3)11-22(24(38)12-18-5-4-17(13-29-18)16(2)37)31-25(39)9-6-20-23(36-14-30-33-34-36)8-7-21(27)26(20)28/h4-10,13-14,22H,11-12H2,1-3H3,(H,31,39)/b9-6+/t22-/m0/s1. The third-order valence-corrected chi connectivity index (χ3v) is 6.27. The molecule has 3 aromatic heterocycles. The number of carbonyl (C=O) groups is 3. The van der Waals surface area contributed by atoms with Gasteiger partial charge in [-0.25, -0.2) is 4.39 Å². The Labute approximate surface area is 227 Å². The number of tetrazole rings is 1. The van der Waals surface area contributed by atoms with Gasteiger partial charge in [0.05, 0.1) is 28.9 Å². The van der Waals surface area contributed by atoms with Crippen molar-refractivity contribution in [3.05, 3.63) is 88.0 Å². The van der Waals surface area contributed by atoms with E-state index in [4.69, 9.17) is 11.6 Å². The molecule has 39 heavy (non-hydrogen) atoms. The SMILES string of the molecule is CC(=O)c1ccc(CC(=O)[C@H](Cc2cc(C)n(C)n2)NC(=O)/C=C/c2c(-n3cnnn3)ccc(Cl)c2F)nc1. The number of amides is 1.